The Balaban J connectivity index is 0. The van der Waals surface area contributed by atoms with E-state index < -0.39 is 0 Å². The molecule has 0 spiro atoms. The van der Waals surface area contributed by atoms with Crippen LogP contribution in [0.3, 0.4) is 0 Å². The average molecular weight is 284 g/mol. The first-order valence-corrected chi connectivity index (χ1v) is 7.17. The molecule has 0 bridgehead atoms. The molecule has 0 aliphatic rings. The van der Waals surface area contributed by atoms with Crippen molar-refractivity contribution in [3.63, 3.8) is 0 Å². The molecule has 0 radical (unpaired) electrons. The van der Waals surface area contributed by atoms with Crippen molar-refractivity contribution in [1.82, 2.24) is 0 Å². The van der Waals surface area contributed by atoms with E-state index in [4.69, 9.17) is 4.74 Å². The summed E-state index contributed by atoms with van der Waals surface area (Å²) in [6.07, 6.45) is 6.59. The van der Waals surface area contributed by atoms with Crippen LogP contribution in [0.1, 0.15) is 52.9 Å². The topological polar surface area (TPSA) is 52.6 Å². The van der Waals surface area contributed by atoms with Crippen molar-refractivity contribution >= 4 is 11.9 Å². The highest BCUT2D eigenvalue weighted by atomic mass is 16.5. The second-order valence-electron chi connectivity index (χ2n) is 4.09. The maximum absolute atomic E-state index is 11.1. The van der Waals surface area contributed by atoms with E-state index in [9.17, 15) is 9.59 Å². The van der Waals surface area contributed by atoms with Gasteiger partial charge in [0.15, 0.2) is 0 Å². The second kappa shape index (κ2) is 15.5. The van der Waals surface area contributed by atoms with Gasteiger partial charge in [0.05, 0.1) is 13.2 Å². The minimum absolute atomic E-state index is 0.237. The number of hydrogen-bond acceptors (Lipinski definition) is 4. The summed E-state index contributed by atoms with van der Waals surface area (Å²) in [5.41, 5.74) is 0.609. The van der Waals surface area contributed by atoms with E-state index in [0.717, 1.165) is 18.9 Å². The first-order valence-electron chi connectivity index (χ1n) is 7.17. The summed E-state index contributed by atoms with van der Waals surface area (Å²) in [4.78, 5) is 21.2. The highest BCUT2D eigenvalue weighted by Crippen LogP contribution is 2.09. The van der Waals surface area contributed by atoms with Crippen LogP contribution >= 0.6 is 0 Å². The molecule has 0 amide bonds. The Bertz CT molecular complexity index is 295. The summed E-state index contributed by atoms with van der Waals surface area (Å²) < 4.78 is 9.26. The lowest BCUT2D eigenvalue weighted by Crippen LogP contribution is -2.06. The minimum atomic E-state index is -0.359. The zero-order valence-corrected chi connectivity index (χ0v) is 13.1. The lowest BCUT2D eigenvalue weighted by Gasteiger charge is -2.04. The molecule has 0 fully saturated rings. The molecule has 0 rings (SSSR count). The highest BCUT2D eigenvalue weighted by Gasteiger charge is 2.06. The third kappa shape index (κ3) is 14.5. The van der Waals surface area contributed by atoms with E-state index in [1.807, 2.05) is 6.92 Å². The Morgan fingerprint density at radius 1 is 1.00 bits per heavy atom. The molecule has 0 aromatic rings. The summed E-state index contributed by atoms with van der Waals surface area (Å²) in [5, 5.41) is 0. The first-order chi connectivity index (χ1) is 9.53. The Morgan fingerprint density at radius 3 is 2.00 bits per heavy atom. The second-order valence-corrected chi connectivity index (χ2v) is 4.09. The van der Waals surface area contributed by atoms with Crippen LogP contribution in [0.15, 0.2) is 24.8 Å². The molecule has 0 unspecified atom stereocenters. The summed E-state index contributed by atoms with van der Waals surface area (Å²) >= 11 is 0. The molecule has 4 heteroatoms. The number of rotatable bonds is 9. The van der Waals surface area contributed by atoms with Crippen LogP contribution in [0.4, 0.5) is 0 Å². The molecule has 0 saturated carbocycles. The van der Waals surface area contributed by atoms with Crippen molar-refractivity contribution < 1.29 is 19.1 Å². The summed E-state index contributed by atoms with van der Waals surface area (Å²) in [6, 6.07) is 0. The smallest absolute Gasteiger partial charge is 0.333 e. The molecule has 0 aromatic carbocycles. The van der Waals surface area contributed by atoms with Crippen LogP contribution in [-0.2, 0) is 19.1 Å². The zero-order valence-electron chi connectivity index (χ0n) is 13.1. The normalized spacial score (nSPS) is 8.95. The Kier molecular flexibility index (Phi) is 16.0. The molecule has 0 heterocycles. The zero-order chi connectivity index (χ0) is 15.8. The monoisotopic (exact) mass is 284 g/mol. The van der Waals surface area contributed by atoms with Gasteiger partial charge in [-0.2, -0.15) is 0 Å². The lowest BCUT2D eigenvalue weighted by atomic mass is 10.1. The Labute approximate surface area is 122 Å². The van der Waals surface area contributed by atoms with Crippen molar-refractivity contribution in [3.8, 4) is 0 Å². The van der Waals surface area contributed by atoms with Gasteiger partial charge in [-0.05, 0) is 26.7 Å². The van der Waals surface area contributed by atoms with E-state index in [1.165, 1.54) is 19.3 Å². The molecule has 0 aromatic heterocycles. The highest BCUT2D eigenvalue weighted by molar-refractivity contribution is 5.87. The SMILES string of the molecule is C=C(CCCCCC)C(=O)OCC.C=CC(=O)OCC. The first kappa shape index (κ1) is 20.7. The third-order valence-electron chi connectivity index (χ3n) is 2.35. The van der Waals surface area contributed by atoms with Gasteiger partial charge < -0.3 is 9.47 Å². The number of unbranched alkanes of at least 4 members (excludes halogenated alkanes) is 3. The van der Waals surface area contributed by atoms with Gasteiger partial charge in [0.25, 0.3) is 0 Å². The van der Waals surface area contributed by atoms with Gasteiger partial charge in [0.1, 0.15) is 0 Å². The standard InChI is InChI=1S/C11H20O2.C5H8O2/c1-4-6-7-8-9-10(3)11(12)13-5-2;1-3-5(6)7-4-2/h3-9H2,1-2H3;3H,1,4H2,2H3. The number of esters is 2. The van der Waals surface area contributed by atoms with Gasteiger partial charge in [-0.1, -0.05) is 39.3 Å². The largest absolute Gasteiger partial charge is 0.463 e. The van der Waals surface area contributed by atoms with E-state index in [1.54, 1.807) is 6.92 Å². The van der Waals surface area contributed by atoms with E-state index >= 15 is 0 Å². The molecule has 0 aliphatic heterocycles. The van der Waals surface area contributed by atoms with Gasteiger partial charge >= 0.3 is 11.9 Å². The summed E-state index contributed by atoms with van der Waals surface area (Å²) in [7, 11) is 0. The fraction of sp³-hybridized carbons (Fsp3) is 0.625. The van der Waals surface area contributed by atoms with Crippen LogP contribution in [0.2, 0.25) is 0 Å². The quantitative estimate of drug-likeness (QED) is 0.367. The van der Waals surface area contributed by atoms with E-state index in [0.29, 0.717) is 18.8 Å². The minimum Gasteiger partial charge on any atom is -0.463 e. The third-order valence-corrected chi connectivity index (χ3v) is 2.35. The predicted molar refractivity (Wildman–Crippen MR) is 81.4 cm³/mol. The Hall–Kier alpha value is -1.58. The van der Waals surface area contributed by atoms with Crippen LogP contribution in [0.25, 0.3) is 0 Å². The fourth-order valence-electron chi connectivity index (χ4n) is 1.30. The molecule has 0 saturated heterocycles. The van der Waals surface area contributed by atoms with Gasteiger partial charge in [-0.3, -0.25) is 0 Å². The molecule has 20 heavy (non-hydrogen) atoms. The molecular weight excluding hydrogens is 256 g/mol. The van der Waals surface area contributed by atoms with Crippen molar-refractivity contribution in [3.05, 3.63) is 24.8 Å². The molecule has 0 N–H and O–H groups in total. The van der Waals surface area contributed by atoms with E-state index in [-0.39, 0.29) is 11.9 Å². The number of carbonyl (C=O) groups excluding carboxylic acids is 2. The van der Waals surface area contributed by atoms with Crippen LogP contribution in [-0.4, -0.2) is 25.2 Å². The molecular formula is C16H28O4. The maximum atomic E-state index is 11.1. The predicted octanol–water partition coefficient (Wildman–Crippen LogP) is 3.81. The van der Waals surface area contributed by atoms with Crippen LogP contribution in [0.5, 0.6) is 0 Å². The average Bonchev–Trinajstić information content (AvgIpc) is 2.44. The van der Waals surface area contributed by atoms with Crippen LogP contribution < -0.4 is 0 Å². The molecule has 116 valence electrons. The molecule has 4 nitrogen and oxygen atoms in total. The fourth-order valence-corrected chi connectivity index (χ4v) is 1.30. The summed E-state index contributed by atoms with van der Waals surface area (Å²) in [5.74, 6) is -0.596. The van der Waals surface area contributed by atoms with Gasteiger partial charge in [-0.15, -0.1) is 0 Å². The van der Waals surface area contributed by atoms with Crippen molar-refractivity contribution in [2.75, 3.05) is 13.2 Å². The van der Waals surface area contributed by atoms with Gasteiger partial charge in [0.2, 0.25) is 0 Å². The van der Waals surface area contributed by atoms with E-state index in [2.05, 4.69) is 24.8 Å². The van der Waals surface area contributed by atoms with Crippen molar-refractivity contribution in [2.24, 2.45) is 0 Å². The molecule has 0 aliphatic carbocycles. The summed E-state index contributed by atoms with van der Waals surface area (Å²) in [6.45, 7) is 13.5. The number of hydrogen-bond donors (Lipinski definition) is 0. The Morgan fingerprint density at radius 2 is 1.60 bits per heavy atom. The lowest BCUT2D eigenvalue weighted by molar-refractivity contribution is -0.139. The van der Waals surface area contributed by atoms with Crippen molar-refractivity contribution in [2.45, 2.75) is 52.9 Å². The van der Waals surface area contributed by atoms with Crippen molar-refractivity contribution in [1.29, 1.82) is 0 Å². The van der Waals surface area contributed by atoms with Crippen LogP contribution in [0, 0.1) is 0 Å². The molecule has 0 atom stereocenters. The number of ether oxygens (including phenoxy) is 2. The van der Waals surface area contributed by atoms with Gasteiger partial charge in [0, 0.05) is 11.6 Å². The van der Waals surface area contributed by atoms with Gasteiger partial charge in [-0.25, -0.2) is 9.59 Å². The number of carbonyl (C=O) groups is 2. The maximum Gasteiger partial charge on any atom is 0.333 e.